The molecule has 0 aliphatic carbocycles. The van der Waals surface area contributed by atoms with Gasteiger partial charge >= 0.3 is 0 Å². The third kappa shape index (κ3) is 3.61. The largest absolute Gasteiger partial charge is 0.379 e. The summed E-state index contributed by atoms with van der Waals surface area (Å²) < 4.78 is 0. The normalized spacial score (nSPS) is 18.8. The lowest BCUT2D eigenvalue weighted by molar-refractivity contribution is -0.384. The van der Waals surface area contributed by atoms with Gasteiger partial charge in [-0.25, -0.2) is 0 Å². The smallest absolute Gasteiger partial charge is 0.292 e. The minimum atomic E-state index is -0.379. The molecule has 0 amide bonds. The molecule has 20 heavy (non-hydrogen) atoms. The fourth-order valence-corrected chi connectivity index (χ4v) is 2.62. The predicted octanol–water partition coefficient (Wildman–Crippen LogP) is 3.39. The number of hydrogen-bond donors (Lipinski definition) is 1. The van der Waals surface area contributed by atoms with Gasteiger partial charge in [-0.15, -0.1) is 0 Å². The van der Waals surface area contributed by atoms with Gasteiger partial charge in [-0.05, 0) is 50.5 Å². The number of rotatable bonds is 4. The number of nitrogens with one attached hydrogen (secondary N) is 1. The van der Waals surface area contributed by atoms with Gasteiger partial charge in [-0.3, -0.25) is 10.1 Å². The highest BCUT2D eigenvalue weighted by atomic mass is 35.5. The lowest BCUT2D eigenvalue weighted by Crippen LogP contribution is -2.40. The molecule has 0 aromatic heterocycles. The molecule has 1 fully saturated rings. The Morgan fingerprint density at radius 1 is 1.45 bits per heavy atom. The van der Waals surface area contributed by atoms with Crippen LogP contribution in [0.4, 0.5) is 11.4 Å². The van der Waals surface area contributed by atoms with Crippen LogP contribution in [0.2, 0.25) is 5.02 Å². The van der Waals surface area contributed by atoms with Crippen LogP contribution in [-0.4, -0.2) is 36.5 Å². The molecule has 6 heteroatoms. The van der Waals surface area contributed by atoms with Gasteiger partial charge < -0.3 is 10.2 Å². The molecule has 0 bridgehead atoms. The molecule has 5 nitrogen and oxygen atoms in total. The Morgan fingerprint density at radius 3 is 2.70 bits per heavy atom. The number of hydrogen-bond acceptors (Lipinski definition) is 4. The summed E-state index contributed by atoms with van der Waals surface area (Å²) in [6, 6.07) is 4.61. The van der Waals surface area contributed by atoms with E-state index in [9.17, 15) is 10.1 Å². The summed E-state index contributed by atoms with van der Waals surface area (Å²) >= 11 is 5.93. The van der Waals surface area contributed by atoms with Crippen molar-refractivity contribution >= 4 is 23.0 Å². The molecular formula is C14H20ClN3O2. The van der Waals surface area contributed by atoms with E-state index in [1.807, 2.05) is 0 Å². The molecule has 1 N–H and O–H groups in total. The second kappa shape index (κ2) is 5.97. The third-order valence-corrected chi connectivity index (χ3v) is 4.29. The van der Waals surface area contributed by atoms with E-state index in [-0.39, 0.29) is 16.0 Å². The Labute approximate surface area is 124 Å². The number of benzene rings is 1. The first-order valence-electron chi connectivity index (χ1n) is 6.76. The number of piperidine rings is 1. The maximum Gasteiger partial charge on any atom is 0.292 e. The molecular weight excluding hydrogens is 278 g/mol. The summed E-state index contributed by atoms with van der Waals surface area (Å²) in [6.07, 6.45) is 2.18. The van der Waals surface area contributed by atoms with Crippen LogP contribution in [0.1, 0.15) is 19.8 Å². The zero-order valence-electron chi connectivity index (χ0n) is 11.9. The van der Waals surface area contributed by atoms with Gasteiger partial charge in [-0.2, -0.15) is 0 Å². The van der Waals surface area contributed by atoms with Crippen LogP contribution in [0.15, 0.2) is 18.2 Å². The van der Waals surface area contributed by atoms with Crippen molar-refractivity contribution in [3.8, 4) is 0 Å². The molecule has 0 radical (unpaired) electrons. The van der Waals surface area contributed by atoms with Crippen molar-refractivity contribution in [1.29, 1.82) is 0 Å². The Morgan fingerprint density at radius 2 is 2.10 bits per heavy atom. The van der Waals surface area contributed by atoms with Gasteiger partial charge in [0.15, 0.2) is 0 Å². The second-order valence-corrected chi connectivity index (χ2v) is 6.32. The Bertz CT molecular complexity index is 499. The van der Waals surface area contributed by atoms with Crippen molar-refractivity contribution in [2.24, 2.45) is 5.41 Å². The highest BCUT2D eigenvalue weighted by molar-refractivity contribution is 6.31. The molecule has 0 spiro atoms. The van der Waals surface area contributed by atoms with Crippen molar-refractivity contribution in [2.45, 2.75) is 19.8 Å². The average molecular weight is 298 g/mol. The topological polar surface area (TPSA) is 58.4 Å². The zero-order chi connectivity index (χ0) is 14.8. The van der Waals surface area contributed by atoms with Crippen molar-refractivity contribution in [3.05, 3.63) is 33.3 Å². The summed E-state index contributed by atoms with van der Waals surface area (Å²) in [5.41, 5.74) is 0.747. The summed E-state index contributed by atoms with van der Waals surface area (Å²) in [5.74, 6) is 0. The number of nitro benzene ring substituents is 1. The Kier molecular flexibility index (Phi) is 4.50. The number of likely N-dealkylation sites (tertiary alicyclic amines) is 1. The van der Waals surface area contributed by atoms with E-state index < -0.39 is 0 Å². The fourth-order valence-electron chi connectivity index (χ4n) is 2.45. The minimum Gasteiger partial charge on any atom is -0.379 e. The first-order chi connectivity index (χ1) is 9.39. The standard InChI is InChI=1S/C14H20ClN3O2/c1-14(5-7-17(2)8-6-14)10-16-12-9-11(15)3-4-13(12)18(19)20/h3-4,9,16H,5-8,10H2,1-2H3. The quantitative estimate of drug-likeness (QED) is 0.683. The molecule has 1 heterocycles. The van der Waals surface area contributed by atoms with E-state index in [1.54, 1.807) is 12.1 Å². The van der Waals surface area contributed by atoms with Gasteiger partial charge in [0.05, 0.1) is 4.92 Å². The average Bonchev–Trinajstić information content (AvgIpc) is 2.40. The molecule has 1 aliphatic rings. The van der Waals surface area contributed by atoms with Crippen molar-refractivity contribution in [2.75, 3.05) is 32.0 Å². The van der Waals surface area contributed by atoms with Crippen LogP contribution in [-0.2, 0) is 0 Å². The highest BCUT2D eigenvalue weighted by Crippen LogP contribution is 2.33. The van der Waals surface area contributed by atoms with E-state index in [0.29, 0.717) is 10.7 Å². The van der Waals surface area contributed by atoms with Gasteiger partial charge in [0.2, 0.25) is 0 Å². The van der Waals surface area contributed by atoms with Crippen molar-refractivity contribution < 1.29 is 4.92 Å². The zero-order valence-corrected chi connectivity index (χ0v) is 12.6. The van der Waals surface area contributed by atoms with Crippen LogP contribution < -0.4 is 5.32 Å². The summed E-state index contributed by atoms with van der Waals surface area (Å²) in [5, 5.41) is 14.7. The number of halogens is 1. The third-order valence-electron chi connectivity index (χ3n) is 4.06. The van der Waals surface area contributed by atoms with E-state index in [0.717, 1.165) is 32.5 Å². The minimum absolute atomic E-state index is 0.0749. The van der Waals surface area contributed by atoms with E-state index in [4.69, 9.17) is 11.6 Å². The van der Waals surface area contributed by atoms with Gasteiger partial charge in [0.25, 0.3) is 5.69 Å². The molecule has 0 saturated carbocycles. The maximum absolute atomic E-state index is 11.0. The molecule has 0 unspecified atom stereocenters. The number of anilines is 1. The number of nitro groups is 1. The second-order valence-electron chi connectivity index (χ2n) is 5.89. The number of nitrogens with zero attached hydrogens (tertiary/aromatic N) is 2. The fraction of sp³-hybridized carbons (Fsp3) is 0.571. The van der Waals surface area contributed by atoms with Crippen LogP contribution in [0.5, 0.6) is 0 Å². The summed E-state index contributed by atoms with van der Waals surface area (Å²) in [6.45, 7) is 5.08. The maximum atomic E-state index is 11.0. The molecule has 1 aromatic carbocycles. The first-order valence-corrected chi connectivity index (χ1v) is 7.14. The molecule has 1 saturated heterocycles. The summed E-state index contributed by atoms with van der Waals surface area (Å²) in [4.78, 5) is 13.0. The van der Waals surface area contributed by atoms with E-state index >= 15 is 0 Å². The lowest BCUT2D eigenvalue weighted by Gasteiger charge is -2.38. The van der Waals surface area contributed by atoms with Gasteiger partial charge in [-0.1, -0.05) is 18.5 Å². The van der Waals surface area contributed by atoms with Crippen LogP contribution >= 0.6 is 11.6 Å². The van der Waals surface area contributed by atoms with Gasteiger partial charge in [0, 0.05) is 17.6 Å². The molecule has 110 valence electrons. The summed E-state index contributed by atoms with van der Waals surface area (Å²) in [7, 11) is 2.12. The van der Waals surface area contributed by atoms with Crippen molar-refractivity contribution in [3.63, 3.8) is 0 Å². The first kappa shape index (κ1) is 15.1. The SMILES string of the molecule is CN1CCC(C)(CNc2cc(Cl)ccc2[N+](=O)[O-])CC1. The predicted molar refractivity (Wildman–Crippen MR) is 81.4 cm³/mol. The Hall–Kier alpha value is -1.33. The van der Waals surface area contributed by atoms with Crippen LogP contribution in [0, 0.1) is 15.5 Å². The van der Waals surface area contributed by atoms with Crippen LogP contribution in [0.25, 0.3) is 0 Å². The van der Waals surface area contributed by atoms with Gasteiger partial charge in [0.1, 0.15) is 5.69 Å². The molecule has 2 rings (SSSR count). The molecule has 1 aliphatic heterocycles. The van der Waals surface area contributed by atoms with E-state index in [2.05, 4.69) is 24.2 Å². The monoisotopic (exact) mass is 297 g/mol. The van der Waals surface area contributed by atoms with E-state index in [1.165, 1.54) is 6.07 Å². The molecule has 1 aromatic rings. The molecule has 0 atom stereocenters. The van der Waals surface area contributed by atoms with Crippen LogP contribution in [0.3, 0.4) is 0 Å². The van der Waals surface area contributed by atoms with Crippen molar-refractivity contribution in [1.82, 2.24) is 4.90 Å². The highest BCUT2D eigenvalue weighted by Gasteiger charge is 2.29. The lowest BCUT2D eigenvalue weighted by atomic mass is 9.80. The Balaban J connectivity index is 2.07.